The summed E-state index contributed by atoms with van der Waals surface area (Å²) in [6, 6.07) is 15.6. The number of fused-ring (bicyclic) bond motifs is 1. The lowest BCUT2D eigenvalue weighted by atomic mass is 10.1. The SMILES string of the molecule is CCCCCCCCN1C(=O)CSc2ccc(N(CCCC)C(=O)c3ccccc3)cc21. The van der Waals surface area contributed by atoms with Crippen molar-refractivity contribution >= 4 is 35.0 Å². The van der Waals surface area contributed by atoms with Crippen molar-refractivity contribution in [2.45, 2.75) is 70.1 Å². The minimum absolute atomic E-state index is 0.0104. The van der Waals surface area contributed by atoms with Crippen LogP contribution < -0.4 is 9.80 Å². The zero-order valence-corrected chi connectivity index (χ0v) is 20.3. The quantitative estimate of drug-likeness (QED) is 0.328. The van der Waals surface area contributed by atoms with Crippen LogP contribution in [0.15, 0.2) is 53.4 Å². The molecule has 0 aromatic heterocycles. The maximum Gasteiger partial charge on any atom is 0.258 e. The fraction of sp³-hybridized carbons (Fsp3) is 0.481. The molecule has 0 atom stereocenters. The molecule has 5 heteroatoms. The van der Waals surface area contributed by atoms with E-state index in [1.807, 2.05) is 52.3 Å². The van der Waals surface area contributed by atoms with Crippen LogP contribution in [-0.2, 0) is 4.79 Å². The summed E-state index contributed by atoms with van der Waals surface area (Å²) >= 11 is 1.60. The van der Waals surface area contributed by atoms with E-state index in [2.05, 4.69) is 19.9 Å². The zero-order valence-electron chi connectivity index (χ0n) is 19.5. The molecule has 3 rings (SSSR count). The first-order chi connectivity index (χ1) is 15.7. The molecule has 0 fully saturated rings. The number of unbranched alkanes of at least 4 members (excludes halogenated alkanes) is 6. The van der Waals surface area contributed by atoms with Crippen molar-refractivity contribution in [2.24, 2.45) is 0 Å². The Kier molecular flexibility index (Phi) is 9.66. The Morgan fingerprint density at radius 1 is 0.938 bits per heavy atom. The van der Waals surface area contributed by atoms with Crippen molar-refractivity contribution in [1.29, 1.82) is 0 Å². The summed E-state index contributed by atoms with van der Waals surface area (Å²) in [5, 5.41) is 0. The summed E-state index contributed by atoms with van der Waals surface area (Å²) in [4.78, 5) is 31.0. The molecule has 0 aliphatic carbocycles. The monoisotopic (exact) mass is 452 g/mol. The van der Waals surface area contributed by atoms with Crippen molar-refractivity contribution < 1.29 is 9.59 Å². The fourth-order valence-electron chi connectivity index (χ4n) is 4.05. The highest BCUT2D eigenvalue weighted by Gasteiger charge is 2.26. The van der Waals surface area contributed by atoms with Gasteiger partial charge >= 0.3 is 0 Å². The average molecular weight is 453 g/mol. The predicted molar refractivity (Wildman–Crippen MR) is 136 cm³/mol. The van der Waals surface area contributed by atoms with Crippen molar-refractivity contribution in [2.75, 3.05) is 28.6 Å². The number of thioether (sulfide) groups is 1. The number of carbonyl (C=O) groups excluding carboxylic acids is 2. The summed E-state index contributed by atoms with van der Waals surface area (Å²) in [6.45, 7) is 5.78. The minimum atomic E-state index is 0.0104. The van der Waals surface area contributed by atoms with Gasteiger partial charge in [0.05, 0.1) is 11.4 Å². The molecule has 2 amide bonds. The van der Waals surface area contributed by atoms with E-state index in [9.17, 15) is 9.59 Å². The van der Waals surface area contributed by atoms with Gasteiger partial charge in [-0.3, -0.25) is 9.59 Å². The maximum atomic E-state index is 13.3. The van der Waals surface area contributed by atoms with Gasteiger partial charge < -0.3 is 9.80 Å². The van der Waals surface area contributed by atoms with Crippen LogP contribution in [0.4, 0.5) is 11.4 Å². The van der Waals surface area contributed by atoms with Crippen molar-refractivity contribution in [3.8, 4) is 0 Å². The molecule has 0 saturated heterocycles. The van der Waals surface area contributed by atoms with Gasteiger partial charge in [-0.25, -0.2) is 0 Å². The van der Waals surface area contributed by atoms with Gasteiger partial charge in [-0.1, -0.05) is 70.6 Å². The molecule has 1 aliphatic heterocycles. The summed E-state index contributed by atoms with van der Waals surface area (Å²) < 4.78 is 0. The normalized spacial score (nSPS) is 13.2. The topological polar surface area (TPSA) is 40.6 Å². The van der Waals surface area contributed by atoms with Crippen LogP contribution >= 0.6 is 11.8 Å². The van der Waals surface area contributed by atoms with Crippen molar-refractivity contribution in [3.63, 3.8) is 0 Å². The van der Waals surface area contributed by atoms with Crippen LogP contribution in [0.5, 0.6) is 0 Å². The second-order valence-electron chi connectivity index (χ2n) is 8.43. The second kappa shape index (κ2) is 12.7. The van der Waals surface area contributed by atoms with E-state index in [0.29, 0.717) is 17.9 Å². The molecule has 4 nitrogen and oxygen atoms in total. The van der Waals surface area contributed by atoms with Gasteiger partial charge in [-0.15, -0.1) is 11.8 Å². The van der Waals surface area contributed by atoms with Gasteiger partial charge in [-0.05, 0) is 43.2 Å². The summed E-state index contributed by atoms with van der Waals surface area (Å²) in [5.41, 5.74) is 2.52. The molecule has 0 N–H and O–H groups in total. The highest BCUT2D eigenvalue weighted by atomic mass is 32.2. The van der Waals surface area contributed by atoms with Crippen molar-refractivity contribution in [3.05, 3.63) is 54.1 Å². The summed E-state index contributed by atoms with van der Waals surface area (Å²) in [6.07, 6.45) is 9.16. The molecule has 32 heavy (non-hydrogen) atoms. The van der Waals surface area contributed by atoms with E-state index in [4.69, 9.17) is 0 Å². The van der Waals surface area contributed by atoms with E-state index >= 15 is 0 Å². The van der Waals surface area contributed by atoms with Gasteiger partial charge in [0.15, 0.2) is 0 Å². The lowest BCUT2D eigenvalue weighted by Crippen LogP contribution is -2.37. The molecule has 0 radical (unpaired) electrons. The first-order valence-electron chi connectivity index (χ1n) is 12.1. The molecule has 2 aromatic carbocycles. The third-order valence-electron chi connectivity index (χ3n) is 5.93. The largest absolute Gasteiger partial charge is 0.310 e. The molecule has 0 saturated carbocycles. The number of benzene rings is 2. The van der Waals surface area contributed by atoms with E-state index in [0.717, 1.165) is 48.5 Å². The van der Waals surface area contributed by atoms with Crippen LogP contribution in [0.2, 0.25) is 0 Å². The van der Waals surface area contributed by atoms with Crippen LogP contribution in [0, 0.1) is 0 Å². The Morgan fingerprint density at radius 2 is 1.66 bits per heavy atom. The molecule has 0 bridgehead atoms. The van der Waals surface area contributed by atoms with Gasteiger partial charge in [0, 0.05) is 29.2 Å². The average Bonchev–Trinajstić information content (AvgIpc) is 2.83. The number of carbonyl (C=O) groups is 2. The maximum absolute atomic E-state index is 13.3. The summed E-state index contributed by atoms with van der Waals surface area (Å²) in [5.74, 6) is 0.670. The molecular formula is C27H36N2O2S. The number of rotatable bonds is 12. The zero-order chi connectivity index (χ0) is 22.8. The number of hydrogen-bond acceptors (Lipinski definition) is 3. The van der Waals surface area contributed by atoms with Gasteiger partial charge in [0.25, 0.3) is 5.91 Å². The molecule has 1 aliphatic rings. The Bertz CT molecular complexity index is 884. The Balaban J connectivity index is 1.80. The Hall–Kier alpha value is -2.27. The highest BCUT2D eigenvalue weighted by molar-refractivity contribution is 8.00. The highest BCUT2D eigenvalue weighted by Crippen LogP contribution is 2.38. The smallest absolute Gasteiger partial charge is 0.258 e. The van der Waals surface area contributed by atoms with E-state index in [-0.39, 0.29) is 11.8 Å². The van der Waals surface area contributed by atoms with E-state index in [1.54, 1.807) is 11.8 Å². The van der Waals surface area contributed by atoms with Crippen LogP contribution in [0.3, 0.4) is 0 Å². The third-order valence-corrected chi connectivity index (χ3v) is 6.98. The van der Waals surface area contributed by atoms with E-state index in [1.165, 1.54) is 25.7 Å². The molecular weight excluding hydrogens is 416 g/mol. The van der Waals surface area contributed by atoms with Crippen LogP contribution in [0.25, 0.3) is 0 Å². The van der Waals surface area contributed by atoms with Gasteiger partial charge in [-0.2, -0.15) is 0 Å². The first kappa shape index (κ1) is 24.4. The number of anilines is 2. The second-order valence-corrected chi connectivity index (χ2v) is 9.45. The predicted octanol–water partition coefficient (Wildman–Crippen LogP) is 6.93. The van der Waals surface area contributed by atoms with E-state index < -0.39 is 0 Å². The molecule has 0 spiro atoms. The lowest BCUT2D eigenvalue weighted by molar-refractivity contribution is -0.116. The molecule has 172 valence electrons. The number of nitrogens with zero attached hydrogens (tertiary/aromatic N) is 2. The van der Waals surface area contributed by atoms with Gasteiger partial charge in [0.2, 0.25) is 5.91 Å². The summed E-state index contributed by atoms with van der Waals surface area (Å²) in [7, 11) is 0. The third kappa shape index (κ3) is 6.38. The van der Waals surface area contributed by atoms with Gasteiger partial charge in [0.1, 0.15) is 0 Å². The van der Waals surface area contributed by atoms with Crippen molar-refractivity contribution in [1.82, 2.24) is 0 Å². The first-order valence-corrected chi connectivity index (χ1v) is 13.1. The Labute approximate surface area is 197 Å². The van der Waals surface area contributed by atoms with Crippen LogP contribution in [-0.4, -0.2) is 30.7 Å². The standard InChI is InChI=1S/C27H36N2O2S/c1-3-5-7-8-9-13-19-29-24-20-23(16-17-25(24)32-21-26(29)30)28(18-6-4-2)27(31)22-14-11-10-12-15-22/h10-12,14-17,20H,3-9,13,18-19,21H2,1-2H3. The van der Waals surface area contributed by atoms with Crippen LogP contribution in [0.1, 0.15) is 75.6 Å². The number of amides is 2. The molecule has 0 unspecified atom stereocenters. The fourth-order valence-corrected chi connectivity index (χ4v) is 4.97. The lowest BCUT2D eigenvalue weighted by Gasteiger charge is -2.31. The minimum Gasteiger partial charge on any atom is -0.310 e. The molecule has 1 heterocycles. The molecule has 2 aromatic rings. The number of hydrogen-bond donors (Lipinski definition) is 0. The Morgan fingerprint density at radius 3 is 2.41 bits per heavy atom.